The van der Waals surface area contributed by atoms with E-state index in [0.29, 0.717) is 5.69 Å². The summed E-state index contributed by atoms with van der Waals surface area (Å²) < 4.78 is 22.9. The molecule has 0 N–H and O–H groups in total. The van der Waals surface area contributed by atoms with Gasteiger partial charge in [0.1, 0.15) is 4.90 Å². The molecule has 2 rings (SSSR count). The zero-order valence-corrected chi connectivity index (χ0v) is 10.8. The zero-order valence-electron chi connectivity index (χ0n) is 10.00. The summed E-state index contributed by atoms with van der Waals surface area (Å²) in [5.74, 6) is 0. The minimum Gasteiger partial charge on any atom is -0.371 e. The lowest BCUT2D eigenvalue weighted by molar-refractivity contribution is -0.387. The Labute approximate surface area is 105 Å². The SMILES string of the molecule is CS(=O)(=O)c1ccc(N2CCCC2)cc1[N+](=O)[O-]. The van der Waals surface area contributed by atoms with E-state index in [2.05, 4.69) is 0 Å². The van der Waals surface area contributed by atoms with Crippen LogP contribution >= 0.6 is 0 Å². The molecule has 0 saturated carbocycles. The molecular formula is C11H14N2O4S. The van der Waals surface area contributed by atoms with Crippen LogP contribution in [0.1, 0.15) is 12.8 Å². The first-order chi connectivity index (χ1) is 8.39. The van der Waals surface area contributed by atoms with Crippen LogP contribution in [0.5, 0.6) is 0 Å². The van der Waals surface area contributed by atoms with E-state index < -0.39 is 14.8 Å². The van der Waals surface area contributed by atoms with Crippen molar-refractivity contribution in [2.24, 2.45) is 0 Å². The number of rotatable bonds is 3. The van der Waals surface area contributed by atoms with Gasteiger partial charge in [-0.1, -0.05) is 0 Å². The maximum Gasteiger partial charge on any atom is 0.290 e. The fraction of sp³-hybridized carbons (Fsp3) is 0.455. The van der Waals surface area contributed by atoms with Gasteiger partial charge in [0.2, 0.25) is 0 Å². The number of anilines is 1. The third kappa shape index (κ3) is 2.45. The molecule has 1 heterocycles. The molecule has 0 aromatic heterocycles. The molecule has 1 saturated heterocycles. The largest absolute Gasteiger partial charge is 0.371 e. The van der Waals surface area contributed by atoms with Gasteiger partial charge in [-0.2, -0.15) is 0 Å². The lowest BCUT2D eigenvalue weighted by Crippen LogP contribution is -2.18. The second-order valence-corrected chi connectivity index (χ2v) is 6.36. The second-order valence-electron chi connectivity index (χ2n) is 4.38. The maximum atomic E-state index is 11.5. The highest BCUT2D eigenvalue weighted by Crippen LogP contribution is 2.30. The Hall–Kier alpha value is -1.63. The van der Waals surface area contributed by atoms with Gasteiger partial charge in [0.15, 0.2) is 9.84 Å². The van der Waals surface area contributed by atoms with Crippen LogP contribution in [-0.2, 0) is 9.84 Å². The van der Waals surface area contributed by atoms with Crippen molar-refractivity contribution in [1.82, 2.24) is 0 Å². The summed E-state index contributed by atoms with van der Waals surface area (Å²) in [5, 5.41) is 11.0. The van der Waals surface area contributed by atoms with Crippen molar-refractivity contribution in [2.75, 3.05) is 24.2 Å². The molecule has 1 aromatic carbocycles. The van der Waals surface area contributed by atoms with Crippen molar-refractivity contribution >= 4 is 21.2 Å². The molecule has 0 spiro atoms. The molecule has 0 amide bonds. The first kappa shape index (κ1) is 12.8. The summed E-state index contributed by atoms with van der Waals surface area (Å²) in [4.78, 5) is 12.1. The summed E-state index contributed by atoms with van der Waals surface area (Å²) in [5.41, 5.74) is 0.369. The molecule has 0 radical (unpaired) electrons. The van der Waals surface area contributed by atoms with Crippen LogP contribution in [0.3, 0.4) is 0 Å². The van der Waals surface area contributed by atoms with E-state index in [9.17, 15) is 18.5 Å². The predicted molar refractivity (Wildman–Crippen MR) is 67.7 cm³/mol. The molecule has 0 bridgehead atoms. The van der Waals surface area contributed by atoms with Crippen LogP contribution in [0, 0.1) is 10.1 Å². The molecule has 0 unspecified atom stereocenters. The Balaban J connectivity index is 2.50. The molecule has 18 heavy (non-hydrogen) atoms. The van der Waals surface area contributed by atoms with Crippen LogP contribution < -0.4 is 4.90 Å². The molecule has 7 heteroatoms. The Morgan fingerprint density at radius 3 is 2.39 bits per heavy atom. The summed E-state index contributed by atoms with van der Waals surface area (Å²) in [7, 11) is -3.58. The quantitative estimate of drug-likeness (QED) is 0.615. The van der Waals surface area contributed by atoms with Crippen LogP contribution in [0.15, 0.2) is 23.1 Å². The molecule has 1 fully saturated rings. The van der Waals surface area contributed by atoms with Crippen LogP contribution in [-0.4, -0.2) is 32.7 Å². The Morgan fingerprint density at radius 1 is 1.28 bits per heavy atom. The summed E-state index contributed by atoms with van der Waals surface area (Å²) in [6, 6.07) is 4.30. The highest BCUT2D eigenvalue weighted by molar-refractivity contribution is 7.90. The zero-order chi connectivity index (χ0) is 13.3. The topological polar surface area (TPSA) is 80.5 Å². The van der Waals surface area contributed by atoms with E-state index in [0.717, 1.165) is 32.2 Å². The van der Waals surface area contributed by atoms with E-state index in [1.807, 2.05) is 4.90 Å². The standard InChI is InChI=1S/C11H14N2O4S/c1-18(16,17)11-5-4-9(8-10(11)13(14)15)12-6-2-3-7-12/h4-5,8H,2-3,6-7H2,1H3. The van der Waals surface area contributed by atoms with Crippen LogP contribution in [0.2, 0.25) is 0 Å². The third-order valence-corrected chi connectivity index (χ3v) is 4.15. The molecule has 98 valence electrons. The number of nitro benzene ring substituents is 1. The van der Waals surface area contributed by atoms with E-state index in [1.165, 1.54) is 12.1 Å². The van der Waals surface area contributed by atoms with E-state index in [1.54, 1.807) is 6.07 Å². The first-order valence-corrected chi connectivity index (χ1v) is 7.52. The van der Waals surface area contributed by atoms with Gasteiger partial charge in [0.25, 0.3) is 5.69 Å². The second kappa shape index (κ2) is 4.56. The summed E-state index contributed by atoms with van der Waals surface area (Å²) in [6.07, 6.45) is 3.09. The number of hydrogen-bond acceptors (Lipinski definition) is 5. The molecule has 6 nitrogen and oxygen atoms in total. The Bertz CT molecular complexity index is 577. The Morgan fingerprint density at radius 2 is 1.89 bits per heavy atom. The molecule has 1 aromatic rings. The van der Waals surface area contributed by atoms with Gasteiger partial charge < -0.3 is 4.90 Å². The number of nitro groups is 1. The van der Waals surface area contributed by atoms with E-state index in [-0.39, 0.29) is 10.6 Å². The molecule has 1 aliphatic rings. The van der Waals surface area contributed by atoms with Crippen molar-refractivity contribution < 1.29 is 13.3 Å². The summed E-state index contributed by atoms with van der Waals surface area (Å²) >= 11 is 0. The minimum absolute atomic E-state index is 0.226. The maximum absolute atomic E-state index is 11.5. The van der Waals surface area contributed by atoms with Crippen molar-refractivity contribution in [3.8, 4) is 0 Å². The average molecular weight is 270 g/mol. The lowest BCUT2D eigenvalue weighted by atomic mass is 10.2. The van der Waals surface area contributed by atoms with E-state index >= 15 is 0 Å². The van der Waals surface area contributed by atoms with Gasteiger partial charge in [0.05, 0.1) is 4.92 Å². The van der Waals surface area contributed by atoms with Crippen LogP contribution in [0.4, 0.5) is 11.4 Å². The fourth-order valence-corrected chi connectivity index (χ4v) is 2.96. The summed E-state index contributed by atoms with van der Waals surface area (Å²) in [6.45, 7) is 1.71. The van der Waals surface area contributed by atoms with Crippen molar-refractivity contribution in [3.05, 3.63) is 28.3 Å². The van der Waals surface area contributed by atoms with Crippen molar-refractivity contribution in [1.29, 1.82) is 0 Å². The smallest absolute Gasteiger partial charge is 0.290 e. The van der Waals surface area contributed by atoms with Gasteiger partial charge in [-0.05, 0) is 25.0 Å². The minimum atomic E-state index is -3.58. The third-order valence-electron chi connectivity index (χ3n) is 3.01. The highest BCUT2D eigenvalue weighted by Gasteiger charge is 2.24. The number of benzene rings is 1. The monoisotopic (exact) mass is 270 g/mol. The Kier molecular flexibility index (Phi) is 3.25. The van der Waals surface area contributed by atoms with Crippen molar-refractivity contribution in [3.63, 3.8) is 0 Å². The van der Waals surface area contributed by atoms with E-state index in [4.69, 9.17) is 0 Å². The van der Waals surface area contributed by atoms with Gasteiger partial charge >= 0.3 is 0 Å². The van der Waals surface area contributed by atoms with Gasteiger partial charge in [0, 0.05) is 31.1 Å². The van der Waals surface area contributed by atoms with Gasteiger partial charge in [-0.15, -0.1) is 0 Å². The average Bonchev–Trinajstić information content (AvgIpc) is 2.80. The molecular weight excluding hydrogens is 256 g/mol. The lowest BCUT2D eigenvalue weighted by Gasteiger charge is -2.17. The molecule has 1 aliphatic heterocycles. The van der Waals surface area contributed by atoms with Crippen LogP contribution in [0.25, 0.3) is 0 Å². The molecule has 0 aliphatic carbocycles. The predicted octanol–water partition coefficient (Wildman–Crippen LogP) is 1.60. The van der Waals surface area contributed by atoms with Crippen molar-refractivity contribution in [2.45, 2.75) is 17.7 Å². The van der Waals surface area contributed by atoms with Gasteiger partial charge in [-0.25, -0.2) is 8.42 Å². The first-order valence-electron chi connectivity index (χ1n) is 5.63. The molecule has 0 atom stereocenters. The number of hydrogen-bond donors (Lipinski definition) is 0. The number of nitrogens with zero attached hydrogens (tertiary/aromatic N) is 2. The number of sulfone groups is 1. The van der Waals surface area contributed by atoms with Gasteiger partial charge in [-0.3, -0.25) is 10.1 Å². The normalized spacial score (nSPS) is 15.9. The highest BCUT2D eigenvalue weighted by atomic mass is 32.2. The fourth-order valence-electron chi connectivity index (χ4n) is 2.13.